The van der Waals surface area contributed by atoms with Crippen LogP contribution < -0.4 is 10.1 Å². The van der Waals surface area contributed by atoms with Crippen molar-refractivity contribution in [1.82, 2.24) is 5.32 Å². The van der Waals surface area contributed by atoms with Crippen LogP contribution in [0.1, 0.15) is 5.56 Å². The van der Waals surface area contributed by atoms with Gasteiger partial charge < -0.3 is 10.1 Å². The lowest BCUT2D eigenvalue weighted by Crippen LogP contribution is -2.28. The largest absolute Gasteiger partial charge is 0.484 e. The molecule has 0 fully saturated rings. The van der Waals surface area contributed by atoms with E-state index in [1.165, 1.54) is 0 Å². The smallest absolute Gasteiger partial charge is 0.258 e. The summed E-state index contributed by atoms with van der Waals surface area (Å²) in [6.45, 7) is 3.87. The fourth-order valence-corrected chi connectivity index (χ4v) is 1.01. The van der Waals surface area contributed by atoms with E-state index in [0.717, 1.165) is 0 Å². The fraction of sp³-hybridized carbons (Fsp3) is 0.167. The summed E-state index contributed by atoms with van der Waals surface area (Å²) in [5, 5.41) is 11.2. The number of nitrogens with zero attached hydrogens (tertiary/aromatic N) is 1. The first-order chi connectivity index (χ1) is 7.76. The Kier molecular flexibility index (Phi) is 4.61. The molecule has 0 spiro atoms. The summed E-state index contributed by atoms with van der Waals surface area (Å²) in [5.74, 6) is 0.358. The Hall–Kier alpha value is -2.28. The molecular formula is C12H12N2O2. The van der Waals surface area contributed by atoms with Crippen LogP contribution in [0.25, 0.3) is 0 Å². The van der Waals surface area contributed by atoms with Crippen molar-refractivity contribution in [2.75, 3.05) is 13.2 Å². The third-order valence-electron chi connectivity index (χ3n) is 1.80. The molecule has 0 bridgehead atoms. The summed E-state index contributed by atoms with van der Waals surface area (Å²) in [4.78, 5) is 11.2. The Balaban J connectivity index is 2.40. The minimum atomic E-state index is -0.204. The first kappa shape index (κ1) is 11.8. The number of nitrogens with one attached hydrogen (secondary N) is 1. The van der Waals surface area contributed by atoms with E-state index in [-0.39, 0.29) is 12.5 Å². The number of benzene rings is 1. The number of ether oxygens (including phenoxy) is 1. The van der Waals surface area contributed by atoms with E-state index in [0.29, 0.717) is 17.9 Å². The van der Waals surface area contributed by atoms with Gasteiger partial charge in [-0.05, 0) is 24.3 Å². The fourth-order valence-electron chi connectivity index (χ4n) is 1.01. The standard InChI is InChI=1S/C12H12N2O2/c1-2-7-14-12(15)9-16-11-5-3-10(8-13)4-6-11/h2-6H,1,7,9H2,(H,14,15). The van der Waals surface area contributed by atoms with E-state index in [4.69, 9.17) is 10.00 Å². The van der Waals surface area contributed by atoms with E-state index in [1.807, 2.05) is 6.07 Å². The van der Waals surface area contributed by atoms with Crippen LogP contribution >= 0.6 is 0 Å². The molecule has 1 N–H and O–H groups in total. The van der Waals surface area contributed by atoms with Gasteiger partial charge in [0.1, 0.15) is 5.75 Å². The van der Waals surface area contributed by atoms with E-state index in [9.17, 15) is 4.79 Å². The SMILES string of the molecule is C=CCNC(=O)COc1ccc(C#N)cc1. The number of carbonyl (C=O) groups excluding carboxylic acids is 1. The Labute approximate surface area is 94.1 Å². The molecule has 1 aromatic carbocycles. The number of carbonyl (C=O) groups is 1. The minimum Gasteiger partial charge on any atom is -0.484 e. The van der Waals surface area contributed by atoms with Crippen LogP contribution in [0.4, 0.5) is 0 Å². The molecule has 4 heteroatoms. The lowest BCUT2D eigenvalue weighted by atomic mass is 10.2. The van der Waals surface area contributed by atoms with Crippen LogP contribution in [-0.2, 0) is 4.79 Å². The summed E-state index contributed by atoms with van der Waals surface area (Å²) in [7, 11) is 0. The van der Waals surface area contributed by atoms with Crippen LogP contribution in [0, 0.1) is 11.3 Å². The van der Waals surface area contributed by atoms with Crippen LogP contribution in [-0.4, -0.2) is 19.1 Å². The second kappa shape index (κ2) is 6.25. The van der Waals surface area contributed by atoms with E-state index in [2.05, 4.69) is 11.9 Å². The molecule has 16 heavy (non-hydrogen) atoms. The molecule has 0 aliphatic heterocycles. The third kappa shape index (κ3) is 3.84. The van der Waals surface area contributed by atoms with Gasteiger partial charge in [-0.2, -0.15) is 5.26 Å². The quantitative estimate of drug-likeness (QED) is 0.753. The van der Waals surface area contributed by atoms with Gasteiger partial charge in [0.05, 0.1) is 11.6 Å². The van der Waals surface area contributed by atoms with Gasteiger partial charge in [0, 0.05) is 6.54 Å². The van der Waals surface area contributed by atoms with Crippen molar-refractivity contribution in [3.8, 4) is 11.8 Å². The molecule has 0 aromatic heterocycles. The molecule has 0 saturated carbocycles. The predicted octanol–water partition coefficient (Wildman–Crippen LogP) is 1.24. The van der Waals surface area contributed by atoms with Gasteiger partial charge in [0.25, 0.3) is 5.91 Å². The highest BCUT2D eigenvalue weighted by Gasteiger charge is 2.00. The van der Waals surface area contributed by atoms with Crippen LogP contribution in [0.2, 0.25) is 0 Å². The highest BCUT2D eigenvalue weighted by Crippen LogP contribution is 2.10. The van der Waals surface area contributed by atoms with Crippen molar-refractivity contribution in [3.63, 3.8) is 0 Å². The number of hydrogen-bond donors (Lipinski definition) is 1. The molecule has 0 unspecified atom stereocenters. The molecular weight excluding hydrogens is 204 g/mol. The molecule has 0 radical (unpaired) electrons. The van der Waals surface area contributed by atoms with E-state index >= 15 is 0 Å². The molecule has 82 valence electrons. The summed E-state index contributed by atoms with van der Waals surface area (Å²) < 4.78 is 5.21. The van der Waals surface area contributed by atoms with E-state index in [1.54, 1.807) is 30.3 Å². The maximum atomic E-state index is 11.2. The lowest BCUT2D eigenvalue weighted by Gasteiger charge is -2.05. The van der Waals surface area contributed by atoms with Gasteiger partial charge in [0.15, 0.2) is 6.61 Å². The second-order valence-corrected chi connectivity index (χ2v) is 3.02. The molecule has 1 aromatic rings. The topological polar surface area (TPSA) is 62.1 Å². The number of rotatable bonds is 5. The Morgan fingerprint density at radius 2 is 2.19 bits per heavy atom. The Bertz CT molecular complexity index is 404. The predicted molar refractivity (Wildman–Crippen MR) is 59.9 cm³/mol. The summed E-state index contributed by atoms with van der Waals surface area (Å²) >= 11 is 0. The van der Waals surface area contributed by atoms with Gasteiger partial charge in [0.2, 0.25) is 0 Å². The third-order valence-corrected chi connectivity index (χ3v) is 1.80. The second-order valence-electron chi connectivity index (χ2n) is 3.02. The van der Waals surface area contributed by atoms with Crippen molar-refractivity contribution in [1.29, 1.82) is 5.26 Å². The Morgan fingerprint density at radius 1 is 1.50 bits per heavy atom. The molecule has 4 nitrogen and oxygen atoms in total. The average molecular weight is 216 g/mol. The zero-order valence-electron chi connectivity index (χ0n) is 8.77. The summed E-state index contributed by atoms with van der Waals surface area (Å²) in [5.41, 5.74) is 0.559. The van der Waals surface area contributed by atoms with Crippen molar-refractivity contribution in [2.24, 2.45) is 0 Å². The average Bonchev–Trinajstić information content (AvgIpc) is 2.34. The van der Waals surface area contributed by atoms with Gasteiger partial charge in [-0.25, -0.2) is 0 Å². The van der Waals surface area contributed by atoms with Crippen LogP contribution in [0.5, 0.6) is 5.75 Å². The van der Waals surface area contributed by atoms with Gasteiger partial charge in [-0.1, -0.05) is 6.08 Å². The zero-order chi connectivity index (χ0) is 11.8. The highest BCUT2D eigenvalue weighted by atomic mass is 16.5. The first-order valence-electron chi connectivity index (χ1n) is 4.77. The van der Waals surface area contributed by atoms with Gasteiger partial charge >= 0.3 is 0 Å². The van der Waals surface area contributed by atoms with E-state index < -0.39 is 0 Å². The summed E-state index contributed by atoms with van der Waals surface area (Å²) in [6, 6.07) is 8.58. The summed E-state index contributed by atoms with van der Waals surface area (Å²) in [6.07, 6.45) is 1.60. The number of hydrogen-bond acceptors (Lipinski definition) is 3. The molecule has 0 aliphatic rings. The minimum absolute atomic E-state index is 0.0419. The van der Waals surface area contributed by atoms with Crippen molar-refractivity contribution >= 4 is 5.91 Å². The molecule has 0 heterocycles. The molecule has 0 saturated heterocycles. The van der Waals surface area contributed by atoms with Crippen molar-refractivity contribution < 1.29 is 9.53 Å². The monoisotopic (exact) mass is 216 g/mol. The number of nitriles is 1. The Morgan fingerprint density at radius 3 is 2.75 bits per heavy atom. The molecule has 1 rings (SSSR count). The normalized spacial score (nSPS) is 8.94. The van der Waals surface area contributed by atoms with Gasteiger partial charge in [-0.3, -0.25) is 4.79 Å². The van der Waals surface area contributed by atoms with Crippen molar-refractivity contribution in [2.45, 2.75) is 0 Å². The lowest BCUT2D eigenvalue weighted by molar-refractivity contribution is -0.122. The van der Waals surface area contributed by atoms with Crippen LogP contribution in [0.3, 0.4) is 0 Å². The van der Waals surface area contributed by atoms with Crippen molar-refractivity contribution in [3.05, 3.63) is 42.5 Å². The van der Waals surface area contributed by atoms with Gasteiger partial charge in [-0.15, -0.1) is 6.58 Å². The molecule has 0 atom stereocenters. The maximum Gasteiger partial charge on any atom is 0.258 e. The molecule has 1 amide bonds. The number of amides is 1. The maximum absolute atomic E-state index is 11.2. The first-order valence-corrected chi connectivity index (χ1v) is 4.77. The van der Waals surface area contributed by atoms with Crippen LogP contribution in [0.15, 0.2) is 36.9 Å². The highest BCUT2D eigenvalue weighted by molar-refractivity contribution is 5.77. The zero-order valence-corrected chi connectivity index (χ0v) is 8.77. The molecule has 0 aliphatic carbocycles.